The number of nitrogens with zero attached hydrogens (tertiary/aromatic N) is 2. The zero-order chi connectivity index (χ0) is 20.5. The Morgan fingerprint density at radius 1 is 1.07 bits per heavy atom. The van der Waals surface area contributed by atoms with Crippen LogP contribution in [-0.4, -0.2) is 28.1 Å². The lowest BCUT2D eigenvalue weighted by Crippen LogP contribution is -2.10. The molecule has 0 N–H and O–H groups in total. The molecule has 1 heterocycles. The third kappa shape index (κ3) is 5.76. The highest BCUT2D eigenvalue weighted by molar-refractivity contribution is 7.99. The Bertz CT molecular complexity index is 925. The van der Waals surface area contributed by atoms with E-state index >= 15 is 0 Å². The largest absolute Gasteiger partial charge is 0.457 e. The van der Waals surface area contributed by atoms with Gasteiger partial charge in [0.15, 0.2) is 5.16 Å². The quantitative estimate of drug-likeness (QED) is 0.168. The molecule has 154 valence electrons. The number of carbonyl (C=O) groups excluding carboxylic acids is 1. The van der Waals surface area contributed by atoms with Crippen molar-refractivity contribution < 1.29 is 14.3 Å². The maximum Gasteiger partial charge on any atom is 0.308 e. The van der Waals surface area contributed by atoms with Crippen molar-refractivity contribution in [2.24, 2.45) is 0 Å². The molecule has 29 heavy (non-hydrogen) atoms. The maximum absolute atomic E-state index is 11.7. The molecule has 1 aromatic heterocycles. The van der Waals surface area contributed by atoms with Gasteiger partial charge in [0, 0.05) is 23.9 Å². The van der Waals surface area contributed by atoms with Crippen LogP contribution in [0.15, 0.2) is 53.7 Å². The molecular weight excluding hydrogens is 384 g/mol. The zero-order valence-corrected chi connectivity index (χ0v) is 17.9. The summed E-state index contributed by atoms with van der Waals surface area (Å²) in [6.07, 6.45) is 4.50. The first-order valence-corrected chi connectivity index (χ1v) is 11.2. The fraction of sp³-hybridized carbons (Fsp3) is 0.391. The number of hydrogen-bond donors (Lipinski definition) is 0. The molecule has 0 atom stereocenters. The van der Waals surface area contributed by atoms with Gasteiger partial charge in [0.1, 0.15) is 5.75 Å². The van der Waals surface area contributed by atoms with Gasteiger partial charge >= 0.3 is 5.97 Å². The van der Waals surface area contributed by atoms with Gasteiger partial charge in [0.05, 0.1) is 11.0 Å². The molecule has 0 aliphatic rings. The lowest BCUT2D eigenvalue weighted by atomic mass is 10.2. The monoisotopic (exact) mass is 412 g/mol. The van der Waals surface area contributed by atoms with E-state index in [1.807, 2.05) is 36.4 Å². The molecule has 2 aromatic carbocycles. The summed E-state index contributed by atoms with van der Waals surface area (Å²) in [6.45, 7) is 4.20. The third-order valence-corrected chi connectivity index (χ3v) is 5.62. The van der Waals surface area contributed by atoms with Gasteiger partial charge in [-0.3, -0.25) is 9.36 Å². The highest BCUT2D eigenvalue weighted by Crippen LogP contribution is 2.30. The van der Waals surface area contributed by atoms with E-state index in [2.05, 4.69) is 30.5 Å². The molecule has 3 rings (SSSR count). The summed E-state index contributed by atoms with van der Waals surface area (Å²) in [6, 6.07) is 16.0. The molecule has 0 unspecified atom stereocenters. The van der Waals surface area contributed by atoms with Gasteiger partial charge in [-0.1, -0.05) is 56.7 Å². The predicted octanol–water partition coefficient (Wildman–Crippen LogP) is 5.99. The lowest BCUT2D eigenvalue weighted by molar-refractivity contribution is -0.150. The minimum atomic E-state index is -0.216. The Hall–Kier alpha value is -2.47. The van der Waals surface area contributed by atoms with E-state index in [1.165, 1.54) is 0 Å². The van der Waals surface area contributed by atoms with Gasteiger partial charge in [0.25, 0.3) is 0 Å². The van der Waals surface area contributed by atoms with Crippen molar-refractivity contribution in [2.75, 3.05) is 12.5 Å². The fourth-order valence-electron chi connectivity index (χ4n) is 2.99. The summed E-state index contributed by atoms with van der Waals surface area (Å²) in [5.41, 5.74) is 2.95. The predicted molar refractivity (Wildman–Crippen MR) is 118 cm³/mol. The molecular formula is C23H28N2O3S. The second-order valence-corrected chi connectivity index (χ2v) is 7.86. The Balaban J connectivity index is 1.76. The van der Waals surface area contributed by atoms with Gasteiger partial charge in [-0.2, -0.15) is 0 Å². The van der Waals surface area contributed by atoms with E-state index in [0.29, 0.717) is 12.2 Å². The molecule has 0 aliphatic carbocycles. The van der Waals surface area contributed by atoms with Gasteiger partial charge in [-0.25, -0.2) is 4.98 Å². The van der Waals surface area contributed by atoms with Crippen molar-refractivity contribution in [2.45, 2.75) is 51.1 Å². The Morgan fingerprint density at radius 2 is 1.90 bits per heavy atom. The summed E-state index contributed by atoms with van der Waals surface area (Å²) >= 11 is 1.75. The Morgan fingerprint density at radius 3 is 2.66 bits per heavy atom. The van der Waals surface area contributed by atoms with E-state index in [4.69, 9.17) is 14.5 Å². The first-order valence-electron chi connectivity index (χ1n) is 10.2. The van der Waals surface area contributed by atoms with Crippen molar-refractivity contribution in [1.29, 1.82) is 0 Å². The number of para-hydroxylation sites is 1. The first-order chi connectivity index (χ1) is 14.2. The zero-order valence-electron chi connectivity index (χ0n) is 17.1. The van der Waals surface area contributed by atoms with Crippen LogP contribution in [0.25, 0.3) is 16.7 Å². The molecule has 0 saturated heterocycles. The second kappa shape index (κ2) is 10.9. The topological polar surface area (TPSA) is 53.4 Å². The van der Waals surface area contributed by atoms with Gasteiger partial charge < -0.3 is 9.47 Å². The fourth-order valence-corrected chi connectivity index (χ4v) is 3.88. The van der Waals surface area contributed by atoms with Crippen molar-refractivity contribution >= 4 is 28.8 Å². The number of unbranched alkanes of at least 4 members (excludes halogenated alkanes) is 2. The molecule has 3 aromatic rings. The van der Waals surface area contributed by atoms with Crippen molar-refractivity contribution in [1.82, 2.24) is 9.55 Å². The normalized spacial score (nSPS) is 11.0. The number of hydrogen-bond acceptors (Lipinski definition) is 5. The average Bonchev–Trinajstić information content (AvgIpc) is 3.10. The van der Waals surface area contributed by atoms with Crippen LogP contribution in [0.1, 0.15) is 46.0 Å². The molecule has 6 heteroatoms. The average molecular weight is 413 g/mol. The summed E-state index contributed by atoms with van der Waals surface area (Å²) in [7, 11) is 0. The van der Waals surface area contributed by atoms with E-state index < -0.39 is 0 Å². The number of imidazole rings is 1. The molecule has 0 fully saturated rings. The minimum Gasteiger partial charge on any atom is -0.457 e. The SMILES string of the molecule is CCCCCC(=O)OCOc1ccc2nc(SCCC)n(-c3ccccc3)c2c1. The standard InChI is InChI=1S/C23H28N2O3S/c1-3-5-7-12-22(26)28-17-27-19-13-14-20-21(16-19)25(18-10-8-6-9-11-18)23(24-20)29-15-4-2/h6,8-11,13-14,16H,3-5,7,12,15,17H2,1-2H3. The Labute approximate surface area is 176 Å². The minimum absolute atomic E-state index is 0.0760. The number of ether oxygens (including phenoxy) is 2. The van der Waals surface area contributed by atoms with Crippen molar-refractivity contribution in [3.8, 4) is 11.4 Å². The molecule has 0 saturated carbocycles. The van der Waals surface area contributed by atoms with Crippen LogP contribution in [0.5, 0.6) is 5.75 Å². The third-order valence-electron chi connectivity index (χ3n) is 4.47. The summed E-state index contributed by atoms with van der Waals surface area (Å²) in [5.74, 6) is 1.45. The van der Waals surface area contributed by atoms with Gasteiger partial charge in [0.2, 0.25) is 6.79 Å². The van der Waals surface area contributed by atoms with Crippen LogP contribution in [0.3, 0.4) is 0 Å². The van der Waals surface area contributed by atoms with Crippen LogP contribution in [0.4, 0.5) is 0 Å². The second-order valence-electron chi connectivity index (χ2n) is 6.80. The van der Waals surface area contributed by atoms with Gasteiger partial charge in [-0.05, 0) is 37.1 Å². The maximum atomic E-state index is 11.7. The number of fused-ring (bicyclic) bond motifs is 1. The van der Waals surface area contributed by atoms with Crippen LogP contribution in [0.2, 0.25) is 0 Å². The smallest absolute Gasteiger partial charge is 0.308 e. The van der Waals surface area contributed by atoms with Crippen LogP contribution < -0.4 is 4.74 Å². The molecule has 0 spiro atoms. The van der Waals surface area contributed by atoms with Crippen molar-refractivity contribution in [3.63, 3.8) is 0 Å². The van der Waals surface area contributed by atoms with Crippen LogP contribution >= 0.6 is 11.8 Å². The number of rotatable bonds is 11. The first kappa shape index (κ1) is 21.2. The number of carbonyl (C=O) groups is 1. The van der Waals surface area contributed by atoms with Crippen LogP contribution in [0, 0.1) is 0 Å². The van der Waals surface area contributed by atoms with E-state index in [-0.39, 0.29) is 12.8 Å². The molecule has 0 amide bonds. The number of benzene rings is 2. The summed E-state index contributed by atoms with van der Waals surface area (Å²) in [4.78, 5) is 16.5. The molecule has 0 aliphatic heterocycles. The molecule has 0 bridgehead atoms. The van der Waals surface area contributed by atoms with E-state index in [1.54, 1.807) is 11.8 Å². The number of aromatic nitrogens is 2. The number of thioether (sulfide) groups is 1. The van der Waals surface area contributed by atoms with Crippen molar-refractivity contribution in [3.05, 3.63) is 48.5 Å². The molecule has 5 nitrogen and oxygen atoms in total. The van der Waals surface area contributed by atoms with E-state index in [9.17, 15) is 4.79 Å². The lowest BCUT2D eigenvalue weighted by Gasteiger charge is -2.10. The highest BCUT2D eigenvalue weighted by atomic mass is 32.2. The highest BCUT2D eigenvalue weighted by Gasteiger charge is 2.14. The summed E-state index contributed by atoms with van der Waals surface area (Å²) in [5, 5.41) is 0.965. The van der Waals surface area contributed by atoms with Gasteiger partial charge in [-0.15, -0.1) is 0 Å². The summed E-state index contributed by atoms with van der Waals surface area (Å²) < 4.78 is 13.0. The van der Waals surface area contributed by atoms with E-state index in [0.717, 1.165) is 53.3 Å². The Kier molecular flexibility index (Phi) is 7.99. The number of esters is 1. The van der Waals surface area contributed by atoms with Crippen LogP contribution in [-0.2, 0) is 9.53 Å². The molecule has 0 radical (unpaired) electrons.